The molecule has 0 spiro atoms. The van der Waals surface area contributed by atoms with E-state index in [0.717, 1.165) is 0 Å². The predicted molar refractivity (Wildman–Crippen MR) is 113 cm³/mol. The Morgan fingerprint density at radius 1 is 0.519 bits per heavy atom. The molecule has 0 N–H and O–H groups in total. The normalized spacial score (nSPS) is 19.7. The van der Waals surface area contributed by atoms with Crippen molar-refractivity contribution in [2.45, 2.75) is 12.2 Å². The van der Waals surface area contributed by atoms with Crippen molar-refractivity contribution in [2.24, 2.45) is 0 Å². The molecule has 0 aromatic heterocycles. The summed E-state index contributed by atoms with van der Waals surface area (Å²) in [5.74, 6) is 0. The van der Waals surface area contributed by atoms with E-state index in [9.17, 15) is 0 Å². The topological polar surface area (TPSA) is 9.23 Å². The van der Waals surface area contributed by atoms with Crippen LogP contribution in [0.2, 0.25) is 0 Å². The Balaban J connectivity index is 1.45. The third-order valence-electron chi connectivity index (χ3n) is 5.75. The summed E-state index contributed by atoms with van der Waals surface area (Å²) in [4.78, 5) is 0. The standard InChI is InChI=1S/C26H18O/c1-5-17-9-3-11-21-23(15-13-19(7-1)25(17)21)27-24-16-14-20-8-2-6-18-10-4-12-22(24)26(18)20/h1-16,23-24H. The molecule has 128 valence electrons. The average molecular weight is 346 g/mol. The first kappa shape index (κ1) is 15.0. The van der Waals surface area contributed by atoms with E-state index in [1.54, 1.807) is 0 Å². The van der Waals surface area contributed by atoms with Gasteiger partial charge in [0.2, 0.25) is 0 Å². The van der Waals surface area contributed by atoms with Gasteiger partial charge < -0.3 is 4.74 Å². The van der Waals surface area contributed by atoms with Gasteiger partial charge >= 0.3 is 0 Å². The summed E-state index contributed by atoms with van der Waals surface area (Å²) in [7, 11) is 0. The van der Waals surface area contributed by atoms with Crippen LogP contribution in [0.1, 0.15) is 34.5 Å². The molecule has 0 amide bonds. The Morgan fingerprint density at radius 2 is 0.963 bits per heavy atom. The Labute approximate surface area is 158 Å². The van der Waals surface area contributed by atoms with Gasteiger partial charge in [-0.1, -0.05) is 97.1 Å². The molecule has 1 nitrogen and oxygen atoms in total. The van der Waals surface area contributed by atoms with Crippen molar-refractivity contribution in [1.29, 1.82) is 0 Å². The summed E-state index contributed by atoms with van der Waals surface area (Å²) in [5.41, 5.74) is 5.05. The van der Waals surface area contributed by atoms with Gasteiger partial charge in [-0.2, -0.15) is 0 Å². The fourth-order valence-corrected chi connectivity index (χ4v) is 4.54. The number of benzene rings is 4. The van der Waals surface area contributed by atoms with E-state index in [1.807, 2.05) is 0 Å². The Hall–Kier alpha value is -3.16. The minimum Gasteiger partial charge on any atom is -0.357 e. The third kappa shape index (κ3) is 2.22. The summed E-state index contributed by atoms with van der Waals surface area (Å²) < 4.78 is 6.65. The number of hydrogen-bond donors (Lipinski definition) is 0. The summed E-state index contributed by atoms with van der Waals surface area (Å²) >= 11 is 0. The lowest BCUT2D eigenvalue weighted by Crippen LogP contribution is -2.12. The molecule has 0 radical (unpaired) electrons. The molecule has 2 atom stereocenters. The van der Waals surface area contributed by atoms with Crippen LogP contribution < -0.4 is 0 Å². The van der Waals surface area contributed by atoms with E-state index in [0.29, 0.717) is 0 Å². The lowest BCUT2D eigenvalue weighted by molar-refractivity contribution is 0.0418. The van der Waals surface area contributed by atoms with Crippen LogP contribution in [0.3, 0.4) is 0 Å². The van der Waals surface area contributed by atoms with Crippen LogP contribution in [0.15, 0.2) is 84.9 Å². The maximum atomic E-state index is 6.65. The lowest BCUT2D eigenvalue weighted by Gasteiger charge is -2.28. The summed E-state index contributed by atoms with van der Waals surface area (Å²) in [6.45, 7) is 0. The fourth-order valence-electron chi connectivity index (χ4n) is 4.54. The molecule has 6 rings (SSSR count). The molecule has 0 saturated heterocycles. The molecule has 4 aromatic rings. The quantitative estimate of drug-likeness (QED) is 0.386. The highest BCUT2D eigenvalue weighted by molar-refractivity contribution is 5.96. The molecular weight excluding hydrogens is 328 g/mol. The first-order valence-corrected chi connectivity index (χ1v) is 9.44. The molecule has 1 heteroatoms. The average Bonchev–Trinajstić information content (AvgIpc) is 2.72. The Kier molecular flexibility index (Phi) is 3.14. The summed E-state index contributed by atoms with van der Waals surface area (Å²) in [6.07, 6.45) is 8.68. The summed E-state index contributed by atoms with van der Waals surface area (Å²) in [6, 6.07) is 25.9. The predicted octanol–water partition coefficient (Wildman–Crippen LogP) is 6.85. The zero-order chi connectivity index (χ0) is 17.8. The largest absolute Gasteiger partial charge is 0.357 e. The molecule has 0 bridgehead atoms. The number of hydrogen-bond acceptors (Lipinski definition) is 1. The molecule has 2 aliphatic rings. The first-order chi connectivity index (χ1) is 13.4. The van der Waals surface area contributed by atoms with E-state index < -0.39 is 0 Å². The molecule has 0 heterocycles. The minimum atomic E-state index is -0.0428. The highest BCUT2D eigenvalue weighted by Crippen LogP contribution is 2.41. The smallest absolute Gasteiger partial charge is 0.103 e. The fraction of sp³-hybridized carbons (Fsp3) is 0.0769. The lowest BCUT2D eigenvalue weighted by atomic mass is 9.89. The van der Waals surface area contributed by atoms with Crippen LogP contribution in [0.5, 0.6) is 0 Å². The van der Waals surface area contributed by atoms with Crippen LogP contribution in [0.25, 0.3) is 33.7 Å². The van der Waals surface area contributed by atoms with Gasteiger partial charge in [-0.05, 0) is 43.8 Å². The maximum Gasteiger partial charge on any atom is 0.103 e. The van der Waals surface area contributed by atoms with Gasteiger partial charge in [0, 0.05) is 0 Å². The molecule has 4 aromatic carbocycles. The molecule has 0 saturated carbocycles. The molecule has 0 fully saturated rings. The monoisotopic (exact) mass is 346 g/mol. The van der Waals surface area contributed by atoms with E-state index in [2.05, 4.69) is 97.1 Å². The van der Waals surface area contributed by atoms with Gasteiger partial charge in [0.15, 0.2) is 0 Å². The van der Waals surface area contributed by atoms with Crippen LogP contribution in [0.4, 0.5) is 0 Å². The zero-order valence-electron chi connectivity index (χ0n) is 14.8. The van der Waals surface area contributed by atoms with Gasteiger partial charge in [0.25, 0.3) is 0 Å². The Bertz CT molecular complexity index is 1150. The van der Waals surface area contributed by atoms with E-state index in [-0.39, 0.29) is 12.2 Å². The van der Waals surface area contributed by atoms with E-state index >= 15 is 0 Å². The highest BCUT2D eigenvalue weighted by atomic mass is 16.5. The first-order valence-electron chi connectivity index (χ1n) is 9.44. The van der Waals surface area contributed by atoms with Gasteiger partial charge in [0.05, 0.1) is 0 Å². The van der Waals surface area contributed by atoms with Gasteiger partial charge in [-0.3, -0.25) is 0 Å². The summed E-state index contributed by atoms with van der Waals surface area (Å²) in [5, 5.41) is 5.17. The van der Waals surface area contributed by atoms with Crippen molar-refractivity contribution in [2.75, 3.05) is 0 Å². The van der Waals surface area contributed by atoms with Crippen LogP contribution in [-0.2, 0) is 4.74 Å². The van der Waals surface area contributed by atoms with Crippen molar-refractivity contribution in [3.8, 4) is 0 Å². The maximum absolute atomic E-state index is 6.65. The van der Waals surface area contributed by atoms with Gasteiger partial charge in [-0.25, -0.2) is 0 Å². The molecule has 0 aliphatic heterocycles. The van der Waals surface area contributed by atoms with Crippen LogP contribution in [-0.4, -0.2) is 0 Å². The van der Waals surface area contributed by atoms with Crippen molar-refractivity contribution < 1.29 is 4.74 Å². The van der Waals surface area contributed by atoms with Gasteiger partial charge in [0.1, 0.15) is 12.2 Å². The van der Waals surface area contributed by atoms with Crippen LogP contribution in [0, 0.1) is 0 Å². The van der Waals surface area contributed by atoms with Crippen molar-refractivity contribution >= 4 is 33.7 Å². The van der Waals surface area contributed by atoms with Crippen LogP contribution >= 0.6 is 0 Å². The molecule has 2 aliphatic carbocycles. The molecular formula is C26H18O. The molecule has 2 unspecified atom stereocenters. The number of rotatable bonds is 2. The third-order valence-corrected chi connectivity index (χ3v) is 5.75. The van der Waals surface area contributed by atoms with Crippen molar-refractivity contribution in [3.63, 3.8) is 0 Å². The SMILES string of the molecule is C1=CC(OC2C=Cc3cccc4cccc2c34)c2cccc3cccc1c23. The van der Waals surface area contributed by atoms with E-state index in [4.69, 9.17) is 4.74 Å². The van der Waals surface area contributed by atoms with Crippen molar-refractivity contribution in [3.05, 3.63) is 107 Å². The second-order valence-corrected chi connectivity index (χ2v) is 7.28. The van der Waals surface area contributed by atoms with Crippen molar-refractivity contribution in [1.82, 2.24) is 0 Å². The van der Waals surface area contributed by atoms with E-state index in [1.165, 1.54) is 43.8 Å². The zero-order valence-corrected chi connectivity index (χ0v) is 14.8. The second-order valence-electron chi connectivity index (χ2n) is 7.28. The van der Waals surface area contributed by atoms with Gasteiger partial charge in [-0.15, -0.1) is 0 Å². The minimum absolute atomic E-state index is 0.0428. The molecule has 27 heavy (non-hydrogen) atoms. The highest BCUT2D eigenvalue weighted by Gasteiger charge is 2.24. The number of ether oxygens (including phenoxy) is 1. The Morgan fingerprint density at radius 3 is 1.44 bits per heavy atom. The second kappa shape index (κ2) is 5.67.